The third kappa shape index (κ3) is 3.77. The summed E-state index contributed by atoms with van der Waals surface area (Å²) in [5.74, 6) is -0.248. The summed E-state index contributed by atoms with van der Waals surface area (Å²) in [6.07, 6.45) is 0. The highest BCUT2D eigenvalue weighted by molar-refractivity contribution is 7.91. The van der Waals surface area contributed by atoms with Gasteiger partial charge in [0.2, 0.25) is 10.0 Å². The summed E-state index contributed by atoms with van der Waals surface area (Å²) in [5.41, 5.74) is 0. The van der Waals surface area contributed by atoms with Gasteiger partial charge in [-0.05, 0) is 24.3 Å². The van der Waals surface area contributed by atoms with Crippen LogP contribution in [-0.2, 0) is 16.6 Å². The molecule has 0 bridgehead atoms. The summed E-state index contributed by atoms with van der Waals surface area (Å²) in [7, 11) is -3.68. The van der Waals surface area contributed by atoms with Crippen LogP contribution in [0.25, 0.3) is 0 Å². The summed E-state index contributed by atoms with van der Waals surface area (Å²) in [6, 6.07) is 6.31. The average Bonchev–Trinajstić information content (AvgIpc) is 2.93. The van der Waals surface area contributed by atoms with Crippen molar-refractivity contribution in [3.05, 3.63) is 38.4 Å². The number of nitrogens with two attached hydrogens (primary N) is 1. The summed E-state index contributed by atoms with van der Waals surface area (Å²) in [6.45, 7) is 0.245. The van der Waals surface area contributed by atoms with Crippen LogP contribution in [0.4, 0.5) is 0 Å². The number of hydrogen-bond donors (Lipinski definition) is 2. The molecule has 0 radical (unpaired) electrons. The van der Waals surface area contributed by atoms with Gasteiger partial charge < -0.3 is 5.32 Å². The largest absolute Gasteiger partial charge is 0.346 e. The Morgan fingerprint density at radius 1 is 1.26 bits per heavy atom. The third-order valence-corrected chi connectivity index (χ3v) is 5.89. The van der Waals surface area contributed by atoms with E-state index in [4.69, 9.17) is 16.7 Å². The normalized spacial score (nSPS) is 11.5. The lowest BCUT2D eigenvalue weighted by atomic mass is 10.4. The van der Waals surface area contributed by atoms with E-state index in [2.05, 4.69) is 5.32 Å². The number of amides is 1. The highest BCUT2D eigenvalue weighted by atomic mass is 35.5. The van der Waals surface area contributed by atoms with Crippen LogP contribution in [0.5, 0.6) is 0 Å². The lowest BCUT2D eigenvalue weighted by Crippen LogP contribution is -2.21. The number of carbonyl (C=O) groups is 1. The van der Waals surface area contributed by atoms with Gasteiger partial charge in [-0.2, -0.15) is 0 Å². The standard InChI is InChI=1S/C10H9ClN2O3S3/c11-8-3-2-7(18-8)10(14)13-5-6-1-4-9(17-6)19(12,15)16/h1-4H,5H2,(H,13,14)(H2,12,15,16). The summed E-state index contributed by atoms with van der Waals surface area (Å²) in [5, 5.41) is 7.68. The SMILES string of the molecule is NS(=O)(=O)c1ccc(CNC(=O)c2ccc(Cl)s2)s1. The van der Waals surface area contributed by atoms with Crippen LogP contribution < -0.4 is 10.5 Å². The number of rotatable bonds is 4. The topological polar surface area (TPSA) is 89.3 Å². The first kappa shape index (κ1) is 14.5. The van der Waals surface area contributed by atoms with Gasteiger partial charge in [0.25, 0.3) is 5.91 Å². The summed E-state index contributed by atoms with van der Waals surface area (Å²) in [4.78, 5) is 13.0. The van der Waals surface area contributed by atoms with Crippen LogP contribution in [0.3, 0.4) is 0 Å². The number of halogens is 1. The lowest BCUT2D eigenvalue weighted by molar-refractivity contribution is 0.0955. The van der Waals surface area contributed by atoms with Crippen LogP contribution in [0.1, 0.15) is 14.5 Å². The molecule has 19 heavy (non-hydrogen) atoms. The number of primary sulfonamides is 1. The van der Waals surface area contributed by atoms with Gasteiger partial charge in [0.05, 0.1) is 15.8 Å². The van der Waals surface area contributed by atoms with Crippen molar-refractivity contribution in [3.63, 3.8) is 0 Å². The predicted octanol–water partition coefficient (Wildman–Crippen LogP) is 2.04. The maximum absolute atomic E-state index is 11.7. The Labute approximate surface area is 123 Å². The Balaban J connectivity index is 1.99. The zero-order valence-corrected chi connectivity index (χ0v) is 12.6. The maximum Gasteiger partial charge on any atom is 0.261 e. The van der Waals surface area contributed by atoms with Crippen molar-refractivity contribution in [1.29, 1.82) is 0 Å². The molecule has 0 spiro atoms. The molecule has 3 N–H and O–H groups in total. The van der Waals surface area contributed by atoms with E-state index in [0.717, 1.165) is 11.3 Å². The van der Waals surface area contributed by atoms with Crippen molar-refractivity contribution >= 4 is 50.2 Å². The fourth-order valence-electron chi connectivity index (χ4n) is 1.30. The van der Waals surface area contributed by atoms with Crippen molar-refractivity contribution in [1.82, 2.24) is 5.32 Å². The quantitative estimate of drug-likeness (QED) is 0.895. The molecule has 0 unspecified atom stereocenters. The van der Waals surface area contributed by atoms with E-state index in [-0.39, 0.29) is 16.7 Å². The fourth-order valence-corrected chi connectivity index (χ4v) is 3.97. The van der Waals surface area contributed by atoms with E-state index in [0.29, 0.717) is 14.1 Å². The average molecular weight is 337 g/mol. The molecule has 0 atom stereocenters. The Morgan fingerprint density at radius 2 is 2.00 bits per heavy atom. The molecule has 5 nitrogen and oxygen atoms in total. The number of nitrogens with one attached hydrogen (secondary N) is 1. The molecule has 0 fully saturated rings. The van der Waals surface area contributed by atoms with Gasteiger partial charge in [0, 0.05) is 4.88 Å². The van der Waals surface area contributed by atoms with Crippen molar-refractivity contribution < 1.29 is 13.2 Å². The molecule has 0 aliphatic heterocycles. The Hall–Kier alpha value is -0.930. The molecule has 1 amide bonds. The van der Waals surface area contributed by atoms with Crippen LogP contribution in [0, 0.1) is 0 Å². The smallest absolute Gasteiger partial charge is 0.261 e. The second-order valence-corrected chi connectivity index (χ2v) is 8.22. The van der Waals surface area contributed by atoms with Crippen molar-refractivity contribution in [2.75, 3.05) is 0 Å². The fraction of sp³-hybridized carbons (Fsp3) is 0.100. The highest BCUT2D eigenvalue weighted by Gasteiger charge is 2.12. The summed E-state index contributed by atoms with van der Waals surface area (Å²) >= 11 is 7.95. The van der Waals surface area contributed by atoms with E-state index >= 15 is 0 Å². The molecule has 2 aromatic rings. The third-order valence-electron chi connectivity index (χ3n) is 2.14. The van der Waals surface area contributed by atoms with Crippen LogP contribution in [0.2, 0.25) is 4.34 Å². The number of thiophene rings is 2. The molecule has 0 aliphatic rings. The van der Waals surface area contributed by atoms with Gasteiger partial charge in [-0.1, -0.05) is 11.6 Å². The van der Waals surface area contributed by atoms with E-state index in [1.54, 1.807) is 18.2 Å². The van der Waals surface area contributed by atoms with Gasteiger partial charge in [0.15, 0.2) is 0 Å². The van der Waals surface area contributed by atoms with Gasteiger partial charge in [0.1, 0.15) is 4.21 Å². The minimum atomic E-state index is -3.68. The molecule has 102 valence electrons. The van der Waals surface area contributed by atoms with E-state index < -0.39 is 10.0 Å². The number of hydrogen-bond acceptors (Lipinski definition) is 5. The second kappa shape index (κ2) is 5.59. The molecule has 2 aromatic heterocycles. The molecule has 2 heterocycles. The van der Waals surface area contributed by atoms with Crippen LogP contribution in [-0.4, -0.2) is 14.3 Å². The summed E-state index contributed by atoms with van der Waals surface area (Å²) < 4.78 is 22.8. The first-order valence-electron chi connectivity index (χ1n) is 5.01. The van der Waals surface area contributed by atoms with Crippen molar-refractivity contribution in [2.45, 2.75) is 10.8 Å². The highest BCUT2D eigenvalue weighted by Crippen LogP contribution is 2.22. The molecular weight excluding hydrogens is 328 g/mol. The van der Waals surface area contributed by atoms with E-state index in [1.165, 1.54) is 17.4 Å². The molecule has 0 aromatic carbocycles. The Bertz CT molecular complexity index is 705. The second-order valence-electron chi connectivity index (χ2n) is 3.55. The maximum atomic E-state index is 11.7. The minimum absolute atomic E-state index is 0.0796. The van der Waals surface area contributed by atoms with Gasteiger partial charge in [-0.25, -0.2) is 13.6 Å². The number of carbonyl (C=O) groups excluding carboxylic acids is 1. The first-order valence-corrected chi connectivity index (χ1v) is 8.57. The van der Waals surface area contributed by atoms with Crippen LogP contribution in [0.15, 0.2) is 28.5 Å². The van der Waals surface area contributed by atoms with Crippen LogP contribution >= 0.6 is 34.3 Å². The monoisotopic (exact) mass is 336 g/mol. The van der Waals surface area contributed by atoms with Gasteiger partial charge in [-0.3, -0.25) is 4.79 Å². The lowest BCUT2D eigenvalue weighted by Gasteiger charge is -2.00. The Kier molecular flexibility index (Phi) is 4.26. The van der Waals surface area contributed by atoms with E-state index in [9.17, 15) is 13.2 Å². The van der Waals surface area contributed by atoms with Gasteiger partial charge >= 0.3 is 0 Å². The molecular formula is C10H9ClN2O3S3. The molecule has 0 aliphatic carbocycles. The molecule has 0 saturated carbocycles. The molecule has 2 rings (SSSR count). The van der Waals surface area contributed by atoms with Crippen molar-refractivity contribution in [3.8, 4) is 0 Å². The minimum Gasteiger partial charge on any atom is -0.346 e. The Morgan fingerprint density at radius 3 is 2.53 bits per heavy atom. The molecule has 9 heteroatoms. The van der Waals surface area contributed by atoms with Crippen molar-refractivity contribution in [2.24, 2.45) is 5.14 Å². The molecule has 0 saturated heterocycles. The predicted molar refractivity (Wildman–Crippen MR) is 76.2 cm³/mol. The zero-order valence-electron chi connectivity index (χ0n) is 9.42. The zero-order chi connectivity index (χ0) is 14.0. The van der Waals surface area contributed by atoms with E-state index in [1.807, 2.05) is 0 Å². The number of sulfonamides is 1. The first-order chi connectivity index (χ1) is 8.86. The van der Waals surface area contributed by atoms with Gasteiger partial charge in [-0.15, -0.1) is 22.7 Å².